The van der Waals surface area contributed by atoms with Crippen molar-refractivity contribution in [2.75, 3.05) is 18.5 Å². The van der Waals surface area contributed by atoms with Crippen LogP contribution in [0.5, 0.6) is 5.75 Å². The van der Waals surface area contributed by atoms with E-state index in [0.717, 1.165) is 25.8 Å². The Bertz CT molecular complexity index is 513. The van der Waals surface area contributed by atoms with Crippen LogP contribution >= 0.6 is 0 Å². The third-order valence-electron chi connectivity index (χ3n) is 3.96. The van der Waals surface area contributed by atoms with Crippen LogP contribution in [0.2, 0.25) is 0 Å². The van der Waals surface area contributed by atoms with Crippen molar-refractivity contribution in [3.8, 4) is 5.75 Å². The molecule has 2 rings (SSSR count). The summed E-state index contributed by atoms with van der Waals surface area (Å²) in [5.74, 6) is 0.574. The number of amides is 2. The molecule has 1 saturated heterocycles. The lowest BCUT2D eigenvalue weighted by Gasteiger charge is -2.35. The van der Waals surface area contributed by atoms with Crippen LogP contribution in [0.4, 0.5) is 5.69 Å². The fourth-order valence-corrected chi connectivity index (χ4v) is 2.82. The van der Waals surface area contributed by atoms with E-state index in [0.29, 0.717) is 17.5 Å². The Hall–Kier alpha value is -2.04. The highest BCUT2D eigenvalue weighted by molar-refractivity contribution is 5.88. The molecule has 1 heterocycles. The molecule has 0 aliphatic carbocycles. The predicted octanol–water partition coefficient (Wildman–Crippen LogP) is 2.81. The minimum Gasteiger partial charge on any atom is -0.484 e. The van der Waals surface area contributed by atoms with E-state index in [2.05, 4.69) is 12.2 Å². The molecular formula is C17H24N2O3. The van der Waals surface area contributed by atoms with E-state index in [1.54, 1.807) is 24.3 Å². The SMILES string of the molecule is CC[C@H]1CCCCN1C(=O)COc1ccc(NC(C)=O)cc1. The lowest BCUT2D eigenvalue weighted by atomic mass is 10.00. The van der Waals surface area contributed by atoms with Gasteiger partial charge in [0.15, 0.2) is 6.61 Å². The highest BCUT2D eigenvalue weighted by Crippen LogP contribution is 2.20. The van der Waals surface area contributed by atoms with Crippen molar-refractivity contribution in [3.63, 3.8) is 0 Å². The topological polar surface area (TPSA) is 58.6 Å². The number of nitrogens with one attached hydrogen (secondary N) is 1. The van der Waals surface area contributed by atoms with E-state index >= 15 is 0 Å². The van der Waals surface area contributed by atoms with E-state index in [-0.39, 0.29) is 18.4 Å². The van der Waals surface area contributed by atoms with Crippen LogP contribution in [0.3, 0.4) is 0 Å². The van der Waals surface area contributed by atoms with Gasteiger partial charge < -0.3 is 15.0 Å². The van der Waals surface area contributed by atoms with Crippen LogP contribution in [0.1, 0.15) is 39.5 Å². The van der Waals surface area contributed by atoms with Gasteiger partial charge in [0.2, 0.25) is 5.91 Å². The van der Waals surface area contributed by atoms with Crippen LogP contribution in [0.25, 0.3) is 0 Å². The normalized spacial score (nSPS) is 17.9. The van der Waals surface area contributed by atoms with Crippen LogP contribution in [0, 0.1) is 0 Å². The third kappa shape index (κ3) is 4.48. The molecule has 1 fully saturated rings. The Kier molecular flexibility index (Phi) is 5.81. The van der Waals surface area contributed by atoms with Gasteiger partial charge in [0.1, 0.15) is 5.75 Å². The smallest absolute Gasteiger partial charge is 0.260 e. The average Bonchev–Trinajstić information content (AvgIpc) is 2.53. The van der Waals surface area contributed by atoms with Gasteiger partial charge in [-0.2, -0.15) is 0 Å². The molecule has 0 bridgehead atoms. The minimum absolute atomic E-state index is 0.0532. The standard InChI is InChI=1S/C17H24N2O3/c1-3-15-6-4-5-11-19(15)17(21)12-22-16-9-7-14(8-10-16)18-13(2)20/h7-10,15H,3-6,11-12H2,1-2H3,(H,18,20)/t15-/m0/s1. The molecule has 1 atom stereocenters. The van der Waals surface area contributed by atoms with Gasteiger partial charge in [-0.1, -0.05) is 6.92 Å². The van der Waals surface area contributed by atoms with Gasteiger partial charge in [-0.3, -0.25) is 9.59 Å². The Balaban J connectivity index is 1.86. The van der Waals surface area contributed by atoms with Gasteiger partial charge in [0.25, 0.3) is 5.91 Å². The molecule has 0 spiro atoms. The fraction of sp³-hybridized carbons (Fsp3) is 0.529. The van der Waals surface area contributed by atoms with E-state index in [9.17, 15) is 9.59 Å². The van der Waals surface area contributed by atoms with Crippen LogP contribution in [0.15, 0.2) is 24.3 Å². The summed E-state index contributed by atoms with van der Waals surface area (Å²) >= 11 is 0. The first-order valence-corrected chi connectivity index (χ1v) is 7.90. The van der Waals surface area contributed by atoms with Gasteiger partial charge in [-0.15, -0.1) is 0 Å². The number of carbonyl (C=O) groups excluding carboxylic acids is 2. The lowest BCUT2D eigenvalue weighted by Crippen LogP contribution is -2.45. The zero-order valence-electron chi connectivity index (χ0n) is 13.3. The number of carbonyl (C=O) groups is 2. The second kappa shape index (κ2) is 7.82. The van der Waals surface area contributed by atoms with E-state index in [4.69, 9.17) is 4.74 Å². The number of ether oxygens (including phenoxy) is 1. The minimum atomic E-state index is -0.112. The second-order valence-electron chi connectivity index (χ2n) is 5.64. The van der Waals surface area contributed by atoms with E-state index in [1.807, 2.05) is 4.90 Å². The summed E-state index contributed by atoms with van der Waals surface area (Å²) in [6.07, 6.45) is 4.37. The summed E-state index contributed by atoms with van der Waals surface area (Å²) in [4.78, 5) is 25.2. The highest BCUT2D eigenvalue weighted by atomic mass is 16.5. The second-order valence-corrected chi connectivity index (χ2v) is 5.64. The first-order chi connectivity index (χ1) is 10.6. The number of likely N-dealkylation sites (tertiary alicyclic amines) is 1. The number of benzene rings is 1. The van der Waals surface area contributed by atoms with Crippen LogP contribution in [-0.4, -0.2) is 35.9 Å². The Labute approximate surface area is 131 Å². The van der Waals surface area contributed by atoms with Gasteiger partial charge in [0.05, 0.1) is 0 Å². The molecular weight excluding hydrogens is 280 g/mol. The maximum absolute atomic E-state index is 12.3. The quantitative estimate of drug-likeness (QED) is 0.910. The monoisotopic (exact) mass is 304 g/mol. The molecule has 0 aromatic heterocycles. The maximum Gasteiger partial charge on any atom is 0.260 e. The molecule has 0 unspecified atom stereocenters. The molecule has 1 N–H and O–H groups in total. The zero-order valence-corrected chi connectivity index (χ0v) is 13.3. The number of hydrogen-bond acceptors (Lipinski definition) is 3. The number of rotatable bonds is 5. The molecule has 5 nitrogen and oxygen atoms in total. The van der Waals surface area contributed by atoms with Crippen LogP contribution < -0.4 is 10.1 Å². The third-order valence-corrected chi connectivity index (χ3v) is 3.96. The van der Waals surface area contributed by atoms with Gasteiger partial charge in [0, 0.05) is 25.2 Å². The zero-order chi connectivity index (χ0) is 15.9. The van der Waals surface area contributed by atoms with Gasteiger partial charge in [-0.05, 0) is 49.9 Å². The molecule has 120 valence electrons. The lowest BCUT2D eigenvalue weighted by molar-refractivity contribution is -0.137. The average molecular weight is 304 g/mol. The molecule has 1 aromatic rings. The summed E-state index contributed by atoms with van der Waals surface area (Å²) in [6, 6.07) is 7.39. The molecule has 1 aromatic carbocycles. The first-order valence-electron chi connectivity index (χ1n) is 7.90. The Morgan fingerprint density at radius 1 is 1.27 bits per heavy atom. The largest absolute Gasteiger partial charge is 0.484 e. The summed E-state index contributed by atoms with van der Waals surface area (Å²) in [6.45, 7) is 4.49. The molecule has 0 radical (unpaired) electrons. The van der Waals surface area contributed by atoms with Crippen molar-refractivity contribution < 1.29 is 14.3 Å². The molecule has 1 aliphatic rings. The summed E-state index contributed by atoms with van der Waals surface area (Å²) in [5.41, 5.74) is 0.716. The van der Waals surface area contributed by atoms with Crippen molar-refractivity contribution in [1.29, 1.82) is 0 Å². The van der Waals surface area contributed by atoms with Crippen molar-refractivity contribution in [2.45, 2.75) is 45.6 Å². The molecule has 22 heavy (non-hydrogen) atoms. The maximum atomic E-state index is 12.3. The Morgan fingerprint density at radius 3 is 2.64 bits per heavy atom. The van der Waals surface area contributed by atoms with Gasteiger partial charge >= 0.3 is 0 Å². The van der Waals surface area contributed by atoms with Crippen LogP contribution in [-0.2, 0) is 9.59 Å². The molecule has 0 saturated carbocycles. The summed E-state index contributed by atoms with van der Waals surface area (Å²) in [5, 5.41) is 2.69. The number of nitrogens with zero attached hydrogens (tertiary/aromatic N) is 1. The number of hydrogen-bond donors (Lipinski definition) is 1. The molecule has 2 amide bonds. The summed E-state index contributed by atoms with van der Waals surface area (Å²) < 4.78 is 5.57. The van der Waals surface area contributed by atoms with E-state index in [1.165, 1.54) is 13.3 Å². The van der Waals surface area contributed by atoms with E-state index < -0.39 is 0 Å². The van der Waals surface area contributed by atoms with Gasteiger partial charge in [-0.25, -0.2) is 0 Å². The number of anilines is 1. The summed E-state index contributed by atoms with van der Waals surface area (Å²) in [7, 11) is 0. The molecule has 1 aliphatic heterocycles. The molecule has 5 heteroatoms. The van der Waals surface area contributed by atoms with Crippen molar-refractivity contribution in [1.82, 2.24) is 4.90 Å². The van der Waals surface area contributed by atoms with Crippen molar-refractivity contribution in [2.24, 2.45) is 0 Å². The first kappa shape index (κ1) is 16.3. The predicted molar refractivity (Wildman–Crippen MR) is 85.9 cm³/mol. The Morgan fingerprint density at radius 2 is 2.00 bits per heavy atom. The van der Waals surface area contributed by atoms with Crippen molar-refractivity contribution >= 4 is 17.5 Å². The fourth-order valence-electron chi connectivity index (χ4n) is 2.82. The highest BCUT2D eigenvalue weighted by Gasteiger charge is 2.25. The number of piperidine rings is 1. The van der Waals surface area contributed by atoms with Crippen molar-refractivity contribution in [3.05, 3.63) is 24.3 Å².